The van der Waals surface area contributed by atoms with Gasteiger partial charge in [-0.05, 0) is 18.9 Å². The Morgan fingerprint density at radius 2 is 2.09 bits per heavy atom. The molecular weight excluding hydrogens is 311 g/mol. The lowest BCUT2D eigenvalue weighted by Gasteiger charge is -2.22. The first-order valence-electron chi connectivity index (χ1n) is 7.36. The van der Waals surface area contributed by atoms with Gasteiger partial charge in [0.2, 0.25) is 11.8 Å². The van der Waals surface area contributed by atoms with Crippen LogP contribution in [0, 0.1) is 0 Å². The number of nitrogens with zero attached hydrogens (tertiary/aromatic N) is 5. The first-order chi connectivity index (χ1) is 10.9. The maximum absolute atomic E-state index is 12.8. The van der Waals surface area contributed by atoms with E-state index in [4.69, 9.17) is 4.52 Å². The van der Waals surface area contributed by atoms with Crippen molar-refractivity contribution in [3.05, 3.63) is 29.7 Å². The third-order valence-electron chi connectivity index (χ3n) is 3.69. The third kappa shape index (κ3) is 3.13. The predicted octanol–water partition coefficient (Wildman–Crippen LogP) is 3.34. The van der Waals surface area contributed by atoms with Gasteiger partial charge in [0, 0.05) is 18.7 Å². The normalized spacial score (nSPS) is 18.9. The molecule has 0 radical (unpaired) electrons. The highest BCUT2D eigenvalue weighted by Gasteiger charge is 2.36. The van der Waals surface area contributed by atoms with Crippen molar-refractivity contribution in [3.63, 3.8) is 0 Å². The summed E-state index contributed by atoms with van der Waals surface area (Å²) in [5.41, 5.74) is -0.955. The Kier molecular flexibility index (Phi) is 3.95. The molecule has 1 atom stereocenters. The molecule has 6 nitrogen and oxygen atoms in total. The molecule has 1 saturated heterocycles. The lowest BCUT2D eigenvalue weighted by molar-refractivity contribution is -0.141. The van der Waals surface area contributed by atoms with Crippen LogP contribution in [0.3, 0.4) is 0 Å². The Bertz CT molecular complexity index is 685. The molecule has 0 aromatic carbocycles. The molecule has 0 unspecified atom stereocenters. The van der Waals surface area contributed by atoms with E-state index in [1.807, 2.05) is 13.8 Å². The minimum absolute atomic E-state index is 0.0400. The van der Waals surface area contributed by atoms with Gasteiger partial charge >= 0.3 is 6.18 Å². The quantitative estimate of drug-likeness (QED) is 0.861. The molecule has 0 aliphatic carbocycles. The molecule has 1 aliphatic heterocycles. The molecule has 1 fully saturated rings. The fraction of sp³-hybridized carbons (Fsp3) is 0.571. The second-order valence-electron chi connectivity index (χ2n) is 5.74. The number of alkyl halides is 3. The number of rotatable bonds is 3. The fourth-order valence-electron chi connectivity index (χ4n) is 2.54. The maximum Gasteiger partial charge on any atom is 0.433 e. The van der Waals surface area contributed by atoms with Gasteiger partial charge in [-0.15, -0.1) is 0 Å². The number of hydrogen-bond acceptors (Lipinski definition) is 6. The molecule has 0 saturated carbocycles. The SMILES string of the molecule is CC(C)c1nc([C@H]2CCCN2c2nccc(C(F)(F)F)n2)no1. The Balaban J connectivity index is 1.89. The molecule has 9 heteroatoms. The molecule has 2 aromatic rings. The monoisotopic (exact) mass is 327 g/mol. The van der Waals surface area contributed by atoms with Crippen LogP contribution in [-0.2, 0) is 6.18 Å². The molecule has 1 aliphatic rings. The van der Waals surface area contributed by atoms with Gasteiger partial charge in [0.1, 0.15) is 5.69 Å². The van der Waals surface area contributed by atoms with Crippen LogP contribution in [0.1, 0.15) is 56.1 Å². The van der Waals surface area contributed by atoms with E-state index in [1.165, 1.54) is 0 Å². The van der Waals surface area contributed by atoms with E-state index < -0.39 is 11.9 Å². The van der Waals surface area contributed by atoms with Crippen molar-refractivity contribution in [2.45, 2.75) is 44.8 Å². The summed E-state index contributed by atoms with van der Waals surface area (Å²) in [7, 11) is 0. The Labute approximate surface area is 130 Å². The Morgan fingerprint density at radius 1 is 1.30 bits per heavy atom. The molecular formula is C14H16F3N5O. The minimum Gasteiger partial charge on any atom is -0.339 e. The molecule has 0 bridgehead atoms. The highest BCUT2D eigenvalue weighted by atomic mass is 19.4. The molecule has 0 spiro atoms. The lowest BCUT2D eigenvalue weighted by atomic mass is 10.2. The van der Waals surface area contributed by atoms with Crippen LogP contribution in [0.15, 0.2) is 16.8 Å². The van der Waals surface area contributed by atoms with Crippen molar-refractivity contribution in [1.82, 2.24) is 20.1 Å². The van der Waals surface area contributed by atoms with Crippen molar-refractivity contribution < 1.29 is 17.7 Å². The van der Waals surface area contributed by atoms with E-state index in [-0.39, 0.29) is 17.9 Å². The highest BCUT2D eigenvalue weighted by molar-refractivity contribution is 5.36. The van der Waals surface area contributed by atoms with Gasteiger partial charge in [0.15, 0.2) is 5.82 Å². The molecule has 124 valence electrons. The van der Waals surface area contributed by atoms with E-state index in [1.54, 1.807) is 4.90 Å². The maximum atomic E-state index is 12.8. The van der Waals surface area contributed by atoms with Crippen LogP contribution in [0.5, 0.6) is 0 Å². The van der Waals surface area contributed by atoms with Gasteiger partial charge < -0.3 is 9.42 Å². The molecule has 23 heavy (non-hydrogen) atoms. The summed E-state index contributed by atoms with van der Waals surface area (Å²) in [5.74, 6) is 1.11. The molecule has 0 N–H and O–H groups in total. The number of hydrogen-bond donors (Lipinski definition) is 0. The average molecular weight is 327 g/mol. The van der Waals surface area contributed by atoms with Crippen LogP contribution in [0.25, 0.3) is 0 Å². The van der Waals surface area contributed by atoms with Crippen LogP contribution >= 0.6 is 0 Å². The van der Waals surface area contributed by atoms with E-state index >= 15 is 0 Å². The van der Waals surface area contributed by atoms with Crippen molar-refractivity contribution in [2.24, 2.45) is 0 Å². The van der Waals surface area contributed by atoms with Gasteiger partial charge in [-0.3, -0.25) is 0 Å². The molecule has 0 amide bonds. The number of anilines is 1. The third-order valence-corrected chi connectivity index (χ3v) is 3.69. The number of aromatic nitrogens is 4. The van der Waals surface area contributed by atoms with Crippen LogP contribution in [0.4, 0.5) is 19.1 Å². The zero-order valence-electron chi connectivity index (χ0n) is 12.7. The van der Waals surface area contributed by atoms with Gasteiger partial charge in [0.25, 0.3) is 0 Å². The van der Waals surface area contributed by atoms with E-state index in [0.29, 0.717) is 18.3 Å². The minimum atomic E-state index is -4.50. The topological polar surface area (TPSA) is 67.9 Å². The van der Waals surface area contributed by atoms with Gasteiger partial charge in [-0.25, -0.2) is 9.97 Å². The molecule has 2 aromatic heterocycles. The highest BCUT2D eigenvalue weighted by Crippen LogP contribution is 2.35. The Hall–Kier alpha value is -2.19. The van der Waals surface area contributed by atoms with Crippen LogP contribution in [-0.4, -0.2) is 26.7 Å². The zero-order chi connectivity index (χ0) is 16.6. The molecule has 3 heterocycles. The van der Waals surface area contributed by atoms with Crippen molar-refractivity contribution in [1.29, 1.82) is 0 Å². The number of halogens is 3. The van der Waals surface area contributed by atoms with Crippen molar-refractivity contribution in [2.75, 3.05) is 11.4 Å². The standard InChI is InChI=1S/C14H16F3N5O/c1-8(2)12-20-11(21-23-12)9-4-3-7-22(9)13-18-6-5-10(19-13)14(15,16)17/h5-6,8-9H,3-4,7H2,1-2H3/t9-/m1/s1. The van der Waals surface area contributed by atoms with Crippen LogP contribution in [0.2, 0.25) is 0 Å². The predicted molar refractivity (Wildman–Crippen MR) is 74.7 cm³/mol. The molecule has 3 rings (SSSR count). The second-order valence-corrected chi connectivity index (χ2v) is 5.74. The first kappa shape index (κ1) is 15.7. The first-order valence-corrected chi connectivity index (χ1v) is 7.36. The summed E-state index contributed by atoms with van der Waals surface area (Å²) < 4.78 is 43.6. The van der Waals surface area contributed by atoms with E-state index in [9.17, 15) is 13.2 Å². The second kappa shape index (κ2) is 5.78. The average Bonchev–Trinajstić information content (AvgIpc) is 3.15. The largest absolute Gasteiger partial charge is 0.433 e. The summed E-state index contributed by atoms with van der Waals surface area (Å²) in [6.07, 6.45) is -1.85. The van der Waals surface area contributed by atoms with Crippen molar-refractivity contribution >= 4 is 5.95 Å². The van der Waals surface area contributed by atoms with Gasteiger partial charge in [-0.1, -0.05) is 19.0 Å². The van der Waals surface area contributed by atoms with Gasteiger partial charge in [-0.2, -0.15) is 18.2 Å². The summed E-state index contributed by atoms with van der Waals surface area (Å²) in [6, 6.07) is 0.592. The van der Waals surface area contributed by atoms with Crippen LogP contribution < -0.4 is 4.90 Å². The van der Waals surface area contributed by atoms with E-state index in [0.717, 1.165) is 25.1 Å². The van der Waals surface area contributed by atoms with Crippen molar-refractivity contribution in [3.8, 4) is 0 Å². The van der Waals surface area contributed by atoms with E-state index in [2.05, 4.69) is 20.1 Å². The smallest absolute Gasteiger partial charge is 0.339 e. The summed E-state index contributed by atoms with van der Waals surface area (Å²) in [4.78, 5) is 13.7. The fourth-order valence-corrected chi connectivity index (χ4v) is 2.54. The summed E-state index contributed by atoms with van der Waals surface area (Å²) >= 11 is 0. The lowest BCUT2D eigenvalue weighted by Crippen LogP contribution is -2.26. The Morgan fingerprint density at radius 3 is 2.74 bits per heavy atom. The summed E-state index contributed by atoms with van der Waals surface area (Å²) in [6.45, 7) is 4.41. The zero-order valence-corrected chi connectivity index (χ0v) is 12.7. The van der Waals surface area contributed by atoms with Gasteiger partial charge in [0.05, 0.1) is 6.04 Å². The summed E-state index contributed by atoms with van der Waals surface area (Å²) in [5, 5.41) is 3.96.